The highest BCUT2D eigenvalue weighted by molar-refractivity contribution is 7.12. The first-order chi connectivity index (χ1) is 12.8. The van der Waals surface area contributed by atoms with Crippen LogP contribution in [0.2, 0.25) is 0 Å². The van der Waals surface area contributed by atoms with Gasteiger partial charge in [0.2, 0.25) is 5.91 Å². The smallest absolute Gasteiger partial charge is 0.262 e. The Hall–Kier alpha value is -2.18. The maximum atomic E-state index is 13.0. The molecule has 1 aromatic carbocycles. The van der Waals surface area contributed by atoms with Gasteiger partial charge in [0.15, 0.2) is 0 Å². The molecule has 1 aromatic heterocycles. The molecule has 1 aliphatic rings. The van der Waals surface area contributed by atoms with Crippen LogP contribution in [0.3, 0.4) is 0 Å². The molecule has 5 nitrogen and oxygen atoms in total. The third-order valence-corrected chi connectivity index (χ3v) is 6.02. The van der Waals surface area contributed by atoms with Crippen molar-refractivity contribution in [1.29, 1.82) is 0 Å². The van der Waals surface area contributed by atoms with Crippen molar-refractivity contribution in [2.75, 3.05) is 20.6 Å². The van der Waals surface area contributed by atoms with Crippen LogP contribution in [0.4, 0.5) is 0 Å². The highest BCUT2D eigenvalue weighted by Crippen LogP contribution is 2.23. The zero-order chi connectivity index (χ0) is 19.6. The second-order valence-electron chi connectivity index (χ2n) is 7.78. The number of hydrogen-bond acceptors (Lipinski definition) is 4. The molecular formula is C21H27N3O2S. The molecule has 1 unspecified atom stereocenters. The highest BCUT2D eigenvalue weighted by Gasteiger charge is 2.34. The molecule has 0 spiro atoms. The summed E-state index contributed by atoms with van der Waals surface area (Å²) in [5.41, 5.74) is 1.75. The quantitative estimate of drug-likeness (QED) is 0.861. The topological polar surface area (TPSA) is 52.6 Å². The van der Waals surface area contributed by atoms with E-state index in [4.69, 9.17) is 0 Å². The minimum atomic E-state index is -0.957. The van der Waals surface area contributed by atoms with E-state index < -0.39 is 5.54 Å². The normalized spacial score (nSPS) is 17.3. The van der Waals surface area contributed by atoms with Crippen molar-refractivity contribution in [3.05, 3.63) is 57.8 Å². The summed E-state index contributed by atoms with van der Waals surface area (Å²) in [5, 5.41) is 4.72. The van der Waals surface area contributed by atoms with Crippen LogP contribution < -0.4 is 5.32 Å². The van der Waals surface area contributed by atoms with E-state index in [0.717, 1.165) is 13.0 Å². The van der Waals surface area contributed by atoms with Gasteiger partial charge in [0.1, 0.15) is 5.54 Å². The van der Waals surface area contributed by atoms with Crippen LogP contribution in [0, 0.1) is 0 Å². The number of amides is 2. The van der Waals surface area contributed by atoms with Gasteiger partial charge < -0.3 is 10.2 Å². The summed E-state index contributed by atoms with van der Waals surface area (Å²) in [7, 11) is 3.92. The zero-order valence-electron chi connectivity index (χ0n) is 16.4. The minimum absolute atomic E-state index is 0.0836. The predicted octanol–water partition coefficient (Wildman–Crippen LogP) is 2.77. The number of carbonyl (C=O) groups excluding carboxylic acids is 2. The number of carbonyl (C=O) groups is 2. The first-order valence-electron chi connectivity index (χ1n) is 9.16. The van der Waals surface area contributed by atoms with Gasteiger partial charge in [0.25, 0.3) is 5.91 Å². The van der Waals surface area contributed by atoms with Crippen LogP contribution in [0.15, 0.2) is 41.8 Å². The molecule has 1 atom stereocenters. The molecule has 1 N–H and O–H groups in total. The second-order valence-corrected chi connectivity index (χ2v) is 8.73. The summed E-state index contributed by atoms with van der Waals surface area (Å²) in [5.74, 6) is -0.292. The largest absolute Gasteiger partial charge is 0.342 e. The molecule has 6 heteroatoms. The lowest BCUT2D eigenvalue weighted by atomic mass is 9.94. The third kappa shape index (κ3) is 4.39. The first kappa shape index (κ1) is 19.6. The van der Waals surface area contributed by atoms with E-state index in [9.17, 15) is 9.59 Å². The van der Waals surface area contributed by atoms with E-state index in [1.54, 1.807) is 24.8 Å². The van der Waals surface area contributed by atoms with E-state index in [1.807, 2.05) is 18.5 Å². The van der Waals surface area contributed by atoms with Gasteiger partial charge in [-0.15, -0.1) is 11.3 Å². The lowest BCUT2D eigenvalue weighted by Crippen LogP contribution is -2.57. The average Bonchev–Trinajstić information content (AvgIpc) is 3.16. The Bertz CT molecular complexity index is 817. The standard InChI is InChI=1S/C21H27N3O2S/c1-21(2,22-19(25)18-10-7-11-27-18)20(26)24(4)14-17-12-15-8-5-6-9-16(15)13-23(17)3/h5-11,17H,12-14H2,1-4H3,(H,22,25). The Labute approximate surface area is 165 Å². The fourth-order valence-electron chi connectivity index (χ4n) is 3.61. The Morgan fingerprint density at radius 3 is 2.59 bits per heavy atom. The van der Waals surface area contributed by atoms with Gasteiger partial charge in [0, 0.05) is 26.2 Å². The highest BCUT2D eigenvalue weighted by atomic mass is 32.1. The lowest BCUT2D eigenvalue weighted by Gasteiger charge is -2.38. The molecular weight excluding hydrogens is 358 g/mol. The van der Waals surface area contributed by atoms with Gasteiger partial charge in [-0.3, -0.25) is 14.5 Å². The SMILES string of the molecule is CN(CC1Cc2ccccc2CN1C)C(=O)C(C)(C)NC(=O)c1cccs1. The third-order valence-electron chi connectivity index (χ3n) is 5.15. The molecule has 0 saturated heterocycles. The van der Waals surface area contributed by atoms with Gasteiger partial charge in [-0.1, -0.05) is 30.3 Å². The van der Waals surface area contributed by atoms with Crippen molar-refractivity contribution < 1.29 is 9.59 Å². The summed E-state index contributed by atoms with van der Waals surface area (Å²) in [6.45, 7) is 5.04. The van der Waals surface area contributed by atoms with Crippen molar-refractivity contribution >= 4 is 23.2 Å². The van der Waals surface area contributed by atoms with Crippen molar-refractivity contribution in [3.63, 3.8) is 0 Å². The van der Waals surface area contributed by atoms with Crippen molar-refractivity contribution in [1.82, 2.24) is 15.1 Å². The number of thiophene rings is 1. The van der Waals surface area contributed by atoms with Crippen molar-refractivity contribution in [2.45, 2.75) is 38.4 Å². The molecule has 0 fully saturated rings. The van der Waals surface area contributed by atoms with Crippen molar-refractivity contribution in [3.8, 4) is 0 Å². The molecule has 0 saturated carbocycles. The summed E-state index contributed by atoms with van der Waals surface area (Å²) < 4.78 is 0. The molecule has 2 aromatic rings. The Kier molecular flexibility index (Phi) is 5.67. The molecule has 2 amide bonds. The molecule has 3 rings (SSSR count). The lowest BCUT2D eigenvalue weighted by molar-refractivity contribution is -0.136. The predicted molar refractivity (Wildman–Crippen MR) is 109 cm³/mol. The number of likely N-dealkylation sites (N-methyl/N-ethyl adjacent to an activating group) is 2. The van der Waals surface area contributed by atoms with Crippen LogP contribution in [-0.4, -0.2) is 53.8 Å². The van der Waals surface area contributed by atoms with Crippen LogP contribution in [0.5, 0.6) is 0 Å². The molecule has 0 radical (unpaired) electrons. The number of fused-ring (bicyclic) bond motifs is 1. The minimum Gasteiger partial charge on any atom is -0.342 e. The number of nitrogens with one attached hydrogen (secondary N) is 1. The van der Waals surface area contributed by atoms with Gasteiger partial charge in [0.05, 0.1) is 4.88 Å². The van der Waals surface area contributed by atoms with Crippen LogP contribution >= 0.6 is 11.3 Å². The van der Waals surface area contributed by atoms with E-state index in [2.05, 4.69) is 41.5 Å². The fourth-order valence-corrected chi connectivity index (χ4v) is 4.22. The average molecular weight is 386 g/mol. The fraction of sp³-hybridized carbons (Fsp3) is 0.429. The van der Waals surface area contributed by atoms with Crippen LogP contribution in [-0.2, 0) is 17.8 Å². The Balaban J connectivity index is 1.64. The van der Waals surface area contributed by atoms with Crippen molar-refractivity contribution in [2.24, 2.45) is 0 Å². The number of hydrogen-bond donors (Lipinski definition) is 1. The number of rotatable bonds is 5. The molecule has 0 bridgehead atoms. The van der Waals surface area contributed by atoms with E-state index in [0.29, 0.717) is 11.4 Å². The summed E-state index contributed by atoms with van der Waals surface area (Å²) >= 11 is 1.37. The molecule has 144 valence electrons. The van der Waals surface area contributed by atoms with E-state index in [-0.39, 0.29) is 17.9 Å². The molecule has 0 aliphatic carbocycles. The Morgan fingerprint density at radius 2 is 1.93 bits per heavy atom. The summed E-state index contributed by atoms with van der Waals surface area (Å²) in [6, 6.07) is 12.3. The molecule has 1 aliphatic heterocycles. The Morgan fingerprint density at radius 1 is 1.22 bits per heavy atom. The van der Waals surface area contributed by atoms with E-state index in [1.165, 1.54) is 22.5 Å². The van der Waals surface area contributed by atoms with Gasteiger partial charge in [-0.2, -0.15) is 0 Å². The first-order valence-corrected chi connectivity index (χ1v) is 10.0. The summed E-state index contributed by atoms with van der Waals surface area (Å²) in [6.07, 6.45) is 0.923. The van der Waals surface area contributed by atoms with Gasteiger partial charge in [-0.25, -0.2) is 0 Å². The zero-order valence-corrected chi connectivity index (χ0v) is 17.2. The number of nitrogens with zero attached hydrogens (tertiary/aromatic N) is 2. The molecule has 2 heterocycles. The van der Waals surface area contributed by atoms with Gasteiger partial charge in [-0.05, 0) is 49.9 Å². The number of benzene rings is 1. The maximum Gasteiger partial charge on any atom is 0.262 e. The second kappa shape index (κ2) is 7.82. The van der Waals surface area contributed by atoms with Crippen LogP contribution in [0.1, 0.15) is 34.6 Å². The monoisotopic (exact) mass is 385 g/mol. The van der Waals surface area contributed by atoms with Crippen LogP contribution in [0.25, 0.3) is 0 Å². The van der Waals surface area contributed by atoms with E-state index >= 15 is 0 Å². The maximum absolute atomic E-state index is 13.0. The molecule has 27 heavy (non-hydrogen) atoms. The summed E-state index contributed by atoms with van der Waals surface area (Å²) in [4.78, 5) is 30.0. The van der Waals surface area contributed by atoms with Gasteiger partial charge >= 0.3 is 0 Å².